The first-order valence-electron chi connectivity index (χ1n) is 4.59. The Kier molecular flexibility index (Phi) is 3.04. The van der Waals surface area contributed by atoms with Gasteiger partial charge in [0.1, 0.15) is 6.07 Å². The number of nitriles is 1. The highest BCUT2D eigenvalue weighted by Gasteiger charge is 2.11. The molecule has 0 bridgehead atoms. The van der Waals surface area contributed by atoms with Gasteiger partial charge in [0, 0.05) is 11.1 Å². The summed E-state index contributed by atoms with van der Waals surface area (Å²) in [6.07, 6.45) is 1.71. The van der Waals surface area contributed by atoms with Crippen LogP contribution in [0.1, 0.15) is 14.8 Å². The van der Waals surface area contributed by atoms with Crippen molar-refractivity contribution in [3.63, 3.8) is 0 Å². The molecule has 2 aromatic heterocycles. The van der Waals surface area contributed by atoms with Gasteiger partial charge in [-0.2, -0.15) is 5.26 Å². The molecule has 0 atom stereocenters. The van der Waals surface area contributed by atoms with Gasteiger partial charge in [-0.15, -0.1) is 22.7 Å². The number of aryl methyl sites for hydroxylation is 1. The smallest absolute Gasteiger partial charge is 0.103 e. The third-order valence-electron chi connectivity index (χ3n) is 2.04. The van der Waals surface area contributed by atoms with Gasteiger partial charge in [0.25, 0.3) is 0 Å². The Labute approximate surface area is 101 Å². The van der Waals surface area contributed by atoms with E-state index in [2.05, 4.69) is 11.1 Å². The van der Waals surface area contributed by atoms with Crippen molar-refractivity contribution in [3.8, 4) is 6.07 Å². The van der Waals surface area contributed by atoms with E-state index in [-0.39, 0.29) is 0 Å². The average Bonchev–Trinajstić information content (AvgIpc) is 2.90. The van der Waals surface area contributed by atoms with E-state index in [1.807, 2.05) is 24.4 Å². The molecular weight excluding hydrogens is 238 g/mol. The molecule has 0 unspecified atom stereocenters. The van der Waals surface area contributed by atoms with Crippen molar-refractivity contribution in [1.82, 2.24) is 4.98 Å². The predicted octanol–water partition coefficient (Wildman–Crippen LogP) is 2.86. The van der Waals surface area contributed by atoms with Crippen LogP contribution in [0.3, 0.4) is 0 Å². The zero-order valence-electron chi connectivity index (χ0n) is 8.60. The van der Waals surface area contributed by atoms with Gasteiger partial charge in [0.2, 0.25) is 0 Å². The number of nitrogens with zero attached hydrogens (tertiary/aromatic N) is 2. The second-order valence-electron chi connectivity index (χ2n) is 3.12. The van der Waals surface area contributed by atoms with E-state index in [4.69, 9.17) is 11.0 Å². The molecule has 2 rings (SSSR count). The minimum absolute atomic E-state index is 0.510. The van der Waals surface area contributed by atoms with E-state index in [0.29, 0.717) is 11.3 Å². The fourth-order valence-electron chi connectivity index (χ4n) is 1.28. The fraction of sp³-hybridized carbons (Fsp3) is 0.0909. The van der Waals surface area contributed by atoms with E-state index >= 15 is 0 Å². The van der Waals surface area contributed by atoms with Gasteiger partial charge >= 0.3 is 0 Å². The zero-order valence-corrected chi connectivity index (χ0v) is 10.2. The zero-order chi connectivity index (χ0) is 11.5. The van der Waals surface area contributed by atoms with Crippen molar-refractivity contribution in [2.45, 2.75) is 6.92 Å². The summed E-state index contributed by atoms with van der Waals surface area (Å²) in [6, 6.07) is 5.95. The Morgan fingerprint density at radius 2 is 2.31 bits per heavy atom. The quantitative estimate of drug-likeness (QED) is 0.830. The Morgan fingerprint density at radius 3 is 2.81 bits per heavy atom. The summed E-state index contributed by atoms with van der Waals surface area (Å²) in [4.78, 5) is 5.88. The van der Waals surface area contributed by atoms with Crippen molar-refractivity contribution < 1.29 is 0 Å². The molecule has 0 aliphatic rings. The molecule has 0 fully saturated rings. The Bertz CT molecular complexity index is 558. The Morgan fingerprint density at radius 1 is 1.50 bits per heavy atom. The first-order chi connectivity index (χ1) is 7.72. The van der Waals surface area contributed by atoms with Crippen LogP contribution in [0.4, 0.5) is 0 Å². The highest BCUT2D eigenvalue weighted by Crippen LogP contribution is 2.28. The maximum atomic E-state index is 9.14. The van der Waals surface area contributed by atoms with Gasteiger partial charge in [-0.25, -0.2) is 4.98 Å². The van der Waals surface area contributed by atoms with Crippen LogP contribution in [0, 0.1) is 18.3 Å². The van der Waals surface area contributed by atoms with E-state index in [9.17, 15) is 0 Å². The van der Waals surface area contributed by atoms with Crippen LogP contribution in [0.5, 0.6) is 0 Å². The van der Waals surface area contributed by atoms with Crippen LogP contribution in [-0.2, 0) is 0 Å². The van der Waals surface area contributed by atoms with Gasteiger partial charge in [-0.1, -0.05) is 6.07 Å². The van der Waals surface area contributed by atoms with Gasteiger partial charge < -0.3 is 5.73 Å². The lowest BCUT2D eigenvalue weighted by Gasteiger charge is -1.99. The Hall–Kier alpha value is -1.64. The molecule has 0 amide bonds. The standard InChI is InChI=1S/C11H9N3S2/c1-7-14-6-10(16-7)11(13)8(5-12)9-3-2-4-15-9/h2-4,6H,13H2,1H3/b11-8+. The summed E-state index contributed by atoms with van der Waals surface area (Å²) < 4.78 is 0. The molecular formula is C11H9N3S2. The van der Waals surface area contributed by atoms with Crippen molar-refractivity contribution in [1.29, 1.82) is 5.26 Å². The summed E-state index contributed by atoms with van der Waals surface area (Å²) >= 11 is 3.01. The van der Waals surface area contributed by atoms with Crippen LogP contribution in [0.15, 0.2) is 23.7 Å². The summed E-state index contributed by atoms with van der Waals surface area (Å²) in [7, 11) is 0. The lowest BCUT2D eigenvalue weighted by molar-refractivity contribution is 1.29. The molecule has 0 aromatic carbocycles. The lowest BCUT2D eigenvalue weighted by Crippen LogP contribution is -1.97. The predicted molar refractivity (Wildman–Crippen MR) is 67.8 cm³/mol. The van der Waals surface area contributed by atoms with E-state index in [0.717, 1.165) is 14.8 Å². The molecule has 0 aliphatic heterocycles. The average molecular weight is 247 g/mol. The fourth-order valence-corrected chi connectivity index (χ4v) is 2.75. The van der Waals surface area contributed by atoms with Crippen molar-refractivity contribution >= 4 is 33.9 Å². The molecule has 0 aliphatic carbocycles. The number of thiophene rings is 1. The molecule has 2 N–H and O–H groups in total. The van der Waals surface area contributed by atoms with Gasteiger partial charge in [-0.3, -0.25) is 0 Å². The Balaban J connectivity index is 2.51. The van der Waals surface area contributed by atoms with Crippen molar-refractivity contribution in [2.24, 2.45) is 5.73 Å². The second kappa shape index (κ2) is 4.47. The van der Waals surface area contributed by atoms with Crippen LogP contribution < -0.4 is 5.73 Å². The van der Waals surface area contributed by atoms with Gasteiger partial charge in [0.05, 0.1) is 21.2 Å². The van der Waals surface area contributed by atoms with Crippen molar-refractivity contribution in [3.05, 3.63) is 38.5 Å². The first-order valence-corrected chi connectivity index (χ1v) is 6.28. The summed E-state index contributed by atoms with van der Waals surface area (Å²) in [5, 5.41) is 12.0. The normalized spacial score (nSPS) is 12.0. The molecule has 2 heterocycles. The van der Waals surface area contributed by atoms with E-state index in [1.54, 1.807) is 6.20 Å². The molecule has 0 radical (unpaired) electrons. The summed E-state index contributed by atoms with van der Waals surface area (Å²) in [5.41, 5.74) is 7.02. The number of nitrogens with two attached hydrogens (primary N) is 1. The maximum absolute atomic E-state index is 9.14. The molecule has 0 saturated heterocycles. The van der Waals surface area contributed by atoms with Crippen LogP contribution >= 0.6 is 22.7 Å². The van der Waals surface area contributed by atoms with E-state index in [1.165, 1.54) is 22.7 Å². The van der Waals surface area contributed by atoms with Crippen LogP contribution in [0.25, 0.3) is 11.3 Å². The first kappa shape index (κ1) is 10.9. The maximum Gasteiger partial charge on any atom is 0.103 e. The minimum atomic E-state index is 0.510. The molecule has 0 saturated carbocycles. The number of allylic oxidation sites excluding steroid dienone is 1. The molecule has 16 heavy (non-hydrogen) atoms. The molecule has 2 aromatic rings. The number of aromatic nitrogens is 1. The SMILES string of the molecule is Cc1ncc(/C(N)=C(/C#N)c2cccs2)s1. The second-order valence-corrected chi connectivity index (χ2v) is 5.30. The van der Waals surface area contributed by atoms with E-state index < -0.39 is 0 Å². The largest absolute Gasteiger partial charge is 0.396 e. The molecule has 80 valence electrons. The van der Waals surface area contributed by atoms with Crippen LogP contribution in [-0.4, -0.2) is 4.98 Å². The number of thiazole rings is 1. The highest BCUT2D eigenvalue weighted by atomic mass is 32.1. The van der Waals surface area contributed by atoms with Crippen molar-refractivity contribution in [2.75, 3.05) is 0 Å². The van der Waals surface area contributed by atoms with Gasteiger partial charge in [-0.05, 0) is 18.4 Å². The molecule has 5 heteroatoms. The summed E-state index contributed by atoms with van der Waals surface area (Å²) in [6.45, 7) is 1.92. The molecule has 0 spiro atoms. The third kappa shape index (κ3) is 1.98. The number of hydrogen-bond acceptors (Lipinski definition) is 5. The van der Waals surface area contributed by atoms with Gasteiger partial charge in [0.15, 0.2) is 0 Å². The minimum Gasteiger partial charge on any atom is -0.396 e. The highest BCUT2D eigenvalue weighted by molar-refractivity contribution is 7.13. The monoisotopic (exact) mass is 247 g/mol. The van der Waals surface area contributed by atoms with Crippen LogP contribution in [0.2, 0.25) is 0 Å². The number of rotatable bonds is 2. The number of hydrogen-bond donors (Lipinski definition) is 1. The summed E-state index contributed by atoms with van der Waals surface area (Å²) in [5.74, 6) is 0. The lowest BCUT2D eigenvalue weighted by atomic mass is 10.2. The topological polar surface area (TPSA) is 62.7 Å². The third-order valence-corrected chi connectivity index (χ3v) is 3.87. The molecule has 3 nitrogen and oxygen atoms in total.